The van der Waals surface area contributed by atoms with E-state index in [-0.39, 0.29) is 0 Å². The summed E-state index contributed by atoms with van der Waals surface area (Å²) in [5.41, 5.74) is 6.11. The van der Waals surface area contributed by atoms with Crippen molar-refractivity contribution in [3.63, 3.8) is 0 Å². The molecular weight excluding hydrogens is 277 g/mol. The van der Waals surface area contributed by atoms with E-state index in [2.05, 4.69) is 4.98 Å². The molecule has 0 saturated heterocycles. The summed E-state index contributed by atoms with van der Waals surface area (Å²) in [6, 6.07) is 5.76. The molecule has 0 aliphatic rings. The molecule has 1 unspecified atom stereocenters. The van der Waals surface area contributed by atoms with Crippen molar-refractivity contribution in [2.75, 3.05) is 0 Å². The van der Waals surface area contributed by atoms with Crippen molar-refractivity contribution >= 4 is 11.6 Å². The van der Waals surface area contributed by atoms with E-state index in [1.165, 1.54) is 24.5 Å². The van der Waals surface area contributed by atoms with Crippen LogP contribution < -0.4 is 5.73 Å². The monoisotopic (exact) mass is 286 g/mol. The van der Waals surface area contributed by atoms with Gasteiger partial charge in [-0.3, -0.25) is 4.98 Å². The minimum atomic E-state index is -4.39. The van der Waals surface area contributed by atoms with E-state index in [0.717, 1.165) is 12.1 Å². The highest BCUT2D eigenvalue weighted by Gasteiger charge is 2.30. The number of nitrogens with two attached hydrogens (primary N) is 1. The van der Waals surface area contributed by atoms with Crippen LogP contribution in [0.5, 0.6) is 0 Å². The van der Waals surface area contributed by atoms with Gasteiger partial charge < -0.3 is 5.73 Å². The normalized spacial score (nSPS) is 13.3. The Labute approximate surface area is 113 Å². The fourth-order valence-corrected chi connectivity index (χ4v) is 1.96. The predicted molar refractivity (Wildman–Crippen MR) is 66.7 cm³/mol. The second-order valence-electron chi connectivity index (χ2n) is 4.00. The Morgan fingerprint density at radius 2 is 1.95 bits per heavy atom. The van der Waals surface area contributed by atoms with Crippen LogP contribution in [-0.2, 0) is 6.18 Å². The first-order chi connectivity index (χ1) is 8.89. The van der Waals surface area contributed by atoms with E-state index in [1.54, 1.807) is 6.07 Å². The van der Waals surface area contributed by atoms with E-state index in [4.69, 9.17) is 17.3 Å². The van der Waals surface area contributed by atoms with E-state index in [0.29, 0.717) is 16.1 Å². The van der Waals surface area contributed by atoms with Crippen LogP contribution in [0.25, 0.3) is 0 Å². The van der Waals surface area contributed by atoms with Crippen LogP contribution in [0.15, 0.2) is 42.7 Å². The van der Waals surface area contributed by atoms with Crippen molar-refractivity contribution in [2.45, 2.75) is 12.2 Å². The molecule has 0 radical (unpaired) electrons. The molecule has 2 aromatic rings. The third kappa shape index (κ3) is 3.05. The maximum absolute atomic E-state index is 12.6. The molecule has 0 saturated carbocycles. The second-order valence-corrected chi connectivity index (χ2v) is 4.41. The van der Waals surface area contributed by atoms with Gasteiger partial charge in [-0.2, -0.15) is 13.2 Å². The van der Waals surface area contributed by atoms with Crippen LogP contribution >= 0.6 is 11.6 Å². The lowest BCUT2D eigenvalue weighted by atomic mass is 9.98. The van der Waals surface area contributed by atoms with E-state index >= 15 is 0 Å². The molecule has 0 aliphatic heterocycles. The summed E-state index contributed by atoms with van der Waals surface area (Å²) in [6.07, 6.45) is -1.49. The largest absolute Gasteiger partial charge is 0.416 e. The van der Waals surface area contributed by atoms with Gasteiger partial charge in [0.2, 0.25) is 0 Å². The van der Waals surface area contributed by atoms with Crippen molar-refractivity contribution in [3.8, 4) is 0 Å². The lowest BCUT2D eigenvalue weighted by molar-refractivity contribution is -0.137. The van der Waals surface area contributed by atoms with Gasteiger partial charge in [0.05, 0.1) is 16.6 Å². The summed E-state index contributed by atoms with van der Waals surface area (Å²) in [6.45, 7) is 0. The Hall–Kier alpha value is -1.59. The minimum absolute atomic E-state index is 0.326. The molecule has 2 nitrogen and oxygen atoms in total. The maximum Gasteiger partial charge on any atom is 0.416 e. The maximum atomic E-state index is 12.6. The van der Waals surface area contributed by atoms with Crippen LogP contribution in [0.1, 0.15) is 22.7 Å². The standard InChI is InChI=1S/C13H10ClF3N2/c14-11-7-19-5-4-10(11)12(18)8-2-1-3-9(6-8)13(15,16)17/h1-7,12H,18H2. The quantitative estimate of drug-likeness (QED) is 0.912. The molecule has 2 N–H and O–H groups in total. The summed E-state index contributed by atoms with van der Waals surface area (Å²) < 4.78 is 37.9. The number of nitrogens with zero attached hydrogens (tertiary/aromatic N) is 1. The van der Waals surface area contributed by atoms with Crippen LogP contribution in [0.4, 0.5) is 13.2 Å². The van der Waals surface area contributed by atoms with Gasteiger partial charge in [0.25, 0.3) is 0 Å². The number of rotatable bonds is 2. The summed E-state index contributed by atoms with van der Waals surface area (Å²) in [7, 11) is 0. The third-order valence-electron chi connectivity index (χ3n) is 2.71. The Morgan fingerprint density at radius 1 is 1.21 bits per heavy atom. The summed E-state index contributed by atoms with van der Waals surface area (Å²) in [5, 5.41) is 0.326. The molecule has 1 aromatic heterocycles. The SMILES string of the molecule is NC(c1cccc(C(F)(F)F)c1)c1ccncc1Cl. The highest BCUT2D eigenvalue weighted by Crippen LogP contribution is 2.32. The smallest absolute Gasteiger partial charge is 0.320 e. The molecule has 6 heteroatoms. The summed E-state index contributed by atoms with van der Waals surface area (Å²) in [4.78, 5) is 3.81. The molecule has 100 valence electrons. The summed E-state index contributed by atoms with van der Waals surface area (Å²) in [5.74, 6) is 0. The molecular formula is C13H10ClF3N2. The van der Waals surface area contributed by atoms with Crippen molar-refractivity contribution in [1.82, 2.24) is 4.98 Å². The van der Waals surface area contributed by atoms with Crippen LogP contribution in [0.2, 0.25) is 5.02 Å². The molecule has 2 rings (SSSR count). The highest BCUT2D eigenvalue weighted by molar-refractivity contribution is 6.31. The fourth-order valence-electron chi connectivity index (χ4n) is 1.73. The lowest BCUT2D eigenvalue weighted by Gasteiger charge is -2.15. The number of aromatic nitrogens is 1. The van der Waals surface area contributed by atoms with Gasteiger partial charge >= 0.3 is 6.18 Å². The Morgan fingerprint density at radius 3 is 2.58 bits per heavy atom. The average molecular weight is 287 g/mol. The van der Waals surface area contributed by atoms with Gasteiger partial charge in [0, 0.05) is 12.4 Å². The topological polar surface area (TPSA) is 38.9 Å². The number of pyridine rings is 1. The molecule has 0 bridgehead atoms. The molecule has 0 fully saturated rings. The highest BCUT2D eigenvalue weighted by atomic mass is 35.5. The van der Waals surface area contributed by atoms with Gasteiger partial charge in [-0.05, 0) is 29.3 Å². The first kappa shape index (κ1) is 13.8. The minimum Gasteiger partial charge on any atom is -0.320 e. The van der Waals surface area contributed by atoms with E-state index in [9.17, 15) is 13.2 Å². The molecule has 1 aromatic carbocycles. The number of hydrogen-bond acceptors (Lipinski definition) is 2. The van der Waals surface area contributed by atoms with Crippen molar-refractivity contribution in [1.29, 1.82) is 0 Å². The number of halogens is 4. The van der Waals surface area contributed by atoms with Crippen LogP contribution in [0, 0.1) is 0 Å². The van der Waals surface area contributed by atoms with Crippen LogP contribution in [-0.4, -0.2) is 4.98 Å². The molecule has 1 atom stereocenters. The van der Waals surface area contributed by atoms with Gasteiger partial charge in [-0.15, -0.1) is 0 Å². The number of alkyl halides is 3. The van der Waals surface area contributed by atoms with Gasteiger partial charge in [-0.25, -0.2) is 0 Å². The fraction of sp³-hybridized carbons (Fsp3) is 0.154. The zero-order valence-corrected chi connectivity index (χ0v) is 10.4. The predicted octanol–water partition coefficient (Wildman–Crippen LogP) is 3.80. The zero-order valence-electron chi connectivity index (χ0n) is 9.66. The van der Waals surface area contributed by atoms with Gasteiger partial charge in [0.15, 0.2) is 0 Å². The second kappa shape index (κ2) is 5.19. The first-order valence-electron chi connectivity index (χ1n) is 5.42. The average Bonchev–Trinajstić information content (AvgIpc) is 2.38. The van der Waals surface area contributed by atoms with Crippen molar-refractivity contribution < 1.29 is 13.2 Å². The van der Waals surface area contributed by atoms with Gasteiger partial charge in [-0.1, -0.05) is 23.7 Å². The Kier molecular flexibility index (Phi) is 3.78. The van der Waals surface area contributed by atoms with Crippen LogP contribution in [0.3, 0.4) is 0 Å². The van der Waals surface area contributed by atoms with Crippen molar-refractivity contribution in [2.24, 2.45) is 5.73 Å². The first-order valence-corrected chi connectivity index (χ1v) is 5.79. The van der Waals surface area contributed by atoms with Crippen molar-refractivity contribution in [3.05, 3.63) is 64.4 Å². The summed E-state index contributed by atoms with van der Waals surface area (Å²) >= 11 is 5.93. The van der Waals surface area contributed by atoms with E-state index in [1.807, 2.05) is 0 Å². The van der Waals surface area contributed by atoms with E-state index < -0.39 is 17.8 Å². The molecule has 0 amide bonds. The van der Waals surface area contributed by atoms with Gasteiger partial charge in [0.1, 0.15) is 0 Å². The third-order valence-corrected chi connectivity index (χ3v) is 3.03. The molecule has 0 spiro atoms. The molecule has 19 heavy (non-hydrogen) atoms. The number of benzene rings is 1. The zero-order chi connectivity index (χ0) is 14.0. The Balaban J connectivity index is 2.40. The lowest BCUT2D eigenvalue weighted by Crippen LogP contribution is -2.14. The Bertz CT molecular complexity index is 584. The molecule has 0 aliphatic carbocycles. The number of hydrogen-bond donors (Lipinski definition) is 1. The molecule has 1 heterocycles.